The molecule has 2 aromatic carbocycles. The molecule has 0 saturated heterocycles. The second-order valence-corrected chi connectivity index (χ2v) is 4.86. The minimum atomic E-state index is -0.328. The summed E-state index contributed by atoms with van der Waals surface area (Å²) in [6.07, 6.45) is 3.09. The molecule has 21 heavy (non-hydrogen) atoms. The topological polar surface area (TPSA) is 50.3 Å². The summed E-state index contributed by atoms with van der Waals surface area (Å²) in [5.41, 5.74) is 1.67. The van der Waals surface area contributed by atoms with Gasteiger partial charge in [0.05, 0.1) is 11.3 Å². The number of benzene rings is 2. The summed E-state index contributed by atoms with van der Waals surface area (Å²) >= 11 is 0. The van der Waals surface area contributed by atoms with Crippen molar-refractivity contribution in [2.24, 2.45) is 0 Å². The summed E-state index contributed by atoms with van der Waals surface area (Å²) in [5.74, 6) is -0.602. The zero-order valence-corrected chi connectivity index (χ0v) is 11.0. The summed E-state index contributed by atoms with van der Waals surface area (Å²) in [7, 11) is 0. The fraction of sp³-hybridized carbons (Fsp3) is 0. The van der Waals surface area contributed by atoms with Crippen LogP contribution in [-0.2, 0) is 0 Å². The molecule has 1 aliphatic rings. The Kier molecular flexibility index (Phi) is 2.38. The lowest BCUT2D eigenvalue weighted by Gasteiger charge is -2.15. The lowest BCUT2D eigenvalue weighted by molar-refractivity contribution is 0.0903. The number of aromatic nitrogens is 1. The van der Waals surface area contributed by atoms with E-state index in [9.17, 15) is 9.59 Å². The average molecular weight is 274 g/mol. The third-order valence-electron chi connectivity index (χ3n) is 3.69. The van der Waals surface area contributed by atoms with Crippen molar-refractivity contribution in [1.82, 2.24) is 4.98 Å². The van der Waals surface area contributed by atoms with Crippen LogP contribution in [0.2, 0.25) is 0 Å². The quantitative estimate of drug-likeness (QED) is 0.641. The highest BCUT2D eigenvalue weighted by Crippen LogP contribution is 2.37. The SMILES string of the molecule is O=C(c1ccncc1)N1C(=O)c2cccc3cccc1c23. The molecule has 1 aromatic heterocycles. The first kappa shape index (κ1) is 11.8. The van der Waals surface area contributed by atoms with Crippen LogP contribution in [0.3, 0.4) is 0 Å². The molecule has 0 bridgehead atoms. The van der Waals surface area contributed by atoms with Gasteiger partial charge >= 0.3 is 0 Å². The predicted octanol–water partition coefficient (Wildman–Crippen LogP) is 3.04. The molecular formula is C17H10N2O2. The molecule has 1 aliphatic heterocycles. The number of carbonyl (C=O) groups is 2. The first-order valence-electron chi connectivity index (χ1n) is 6.58. The van der Waals surface area contributed by atoms with Gasteiger partial charge in [0, 0.05) is 23.3 Å². The van der Waals surface area contributed by atoms with Gasteiger partial charge in [-0.2, -0.15) is 0 Å². The Bertz CT molecular complexity index is 882. The smallest absolute Gasteiger partial charge is 0.266 e. The maximum atomic E-state index is 12.6. The van der Waals surface area contributed by atoms with Crippen molar-refractivity contribution < 1.29 is 9.59 Å². The summed E-state index contributed by atoms with van der Waals surface area (Å²) in [6.45, 7) is 0. The molecule has 4 nitrogen and oxygen atoms in total. The lowest BCUT2D eigenvalue weighted by Crippen LogP contribution is -2.33. The molecule has 2 amide bonds. The zero-order valence-electron chi connectivity index (χ0n) is 11.0. The first-order valence-corrected chi connectivity index (χ1v) is 6.58. The van der Waals surface area contributed by atoms with E-state index in [1.165, 1.54) is 4.90 Å². The van der Waals surface area contributed by atoms with Gasteiger partial charge in [-0.1, -0.05) is 24.3 Å². The fourth-order valence-electron chi connectivity index (χ4n) is 2.74. The van der Waals surface area contributed by atoms with Gasteiger partial charge < -0.3 is 0 Å². The van der Waals surface area contributed by atoms with Gasteiger partial charge in [-0.25, -0.2) is 4.90 Å². The Labute approximate surface area is 120 Å². The van der Waals surface area contributed by atoms with E-state index in [2.05, 4.69) is 4.98 Å². The lowest BCUT2D eigenvalue weighted by atomic mass is 10.1. The van der Waals surface area contributed by atoms with Crippen LogP contribution in [0.4, 0.5) is 5.69 Å². The van der Waals surface area contributed by atoms with Crippen molar-refractivity contribution in [3.05, 3.63) is 72.1 Å². The standard InChI is InChI=1S/C17H10N2O2/c20-16(12-7-9-18-10-8-12)19-14-6-2-4-11-3-1-5-13(15(11)14)17(19)21/h1-10H. The molecule has 0 fully saturated rings. The van der Waals surface area contributed by atoms with Crippen molar-refractivity contribution in [2.75, 3.05) is 4.90 Å². The van der Waals surface area contributed by atoms with Crippen LogP contribution >= 0.6 is 0 Å². The molecule has 0 radical (unpaired) electrons. The Morgan fingerprint density at radius 2 is 1.67 bits per heavy atom. The second kappa shape index (κ2) is 4.24. The minimum Gasteiger partial charge on any atom is -0.268 e. The van der Waals surface area contributed by atoms with E-state index in [1.807, 2.05) is 24.3 Å². The highest BCUT2D eigenvalue weighted by Gasteiger charge is 2.34. The van der Waals surface area contributed by atoms with E-state index < -0.39 is 0 Å². The van der Waals surface area contributed by atoms with Crippen LogP contribution in [0.5, 0.6) is 0 Å². The van der Waals surface area contributed by atoms with E-state index in [4.69, 9.17) is 0 Å². The maximum Gasteiger partial charge on any atom is 0.266 e. The third kappa shape index (κ3) is 1.59. The number of carbonyl (C=O) groups excluding carboxylic acids is 2. The normalized spacial score (nSPS) is 13.0. The Hall–Kier alpha value is -3.01. The summed E-state index contributed by atoms with van der Waals surface area (Å²) in [4.78, 5) is 30.4. The zero-order chi connectivity index (χ0) is 14.4. The number of nitrogens with zero attached hydrogens (tertiary/aromatic N) is 2. The highest BCUT2D eigenvalue weighted by molar-refractivity contribution is 6.36. The Balaban J connectivity index is 1.92. The molecule has 4 heteroatoms. The van der Waals surface area contributed by atoms with Crippen molar-refractivity contribution in [2.45, 2.75) is 0 Å². The van der Waals surface area contributed by atoms with Gasteiger partial charge in [-0.05, 0) is 29.7 Å². The monoisotopic (exact) mass is 274 g/mol. The molecular weight excluding hydrogens is 264 g/mol. The number of pyridine rings is 1. The van der Waals surface area contributed by atoms with E-state index in [1.54, 1.807) is 36.7 Å². The highest BCUT2D eigenvalue weighted by atomic mass is 16.2. The maximum absolute atomic E-state index is 12.6. The van der Waals surface area contributed by atoms with E-state index >= 15 is 0 Å². The number of anilines is 1. The largest absolute Gasteiger partial charge is 0.268 e. The van der Waals surface area contributed by atoms with Crippen LogP contribution in [-0.4, -0.2) is 16.8 Å². The average Bonchev–Trinajstić information content (AvgIpc) is 2.83. The van der Waals surface area contributed by atoms with Gasteiger partial charge in [-0.15, -0.1) is 0 Å². The number of amides is 2. The van der Waals surface area contributed by atoms with Crippen molar-refractivity contribution in [3.63, 3.8) is 0 Å². The van der Waals surface area contributed by atoms with Gasteiger partial charge in [0.25, 0.3) is 11.8 Å². The van der Waals surface area contributed by atoms with Crippen LogP contribution in [0.25, 0.3) is 10.8 Å². The minimum absolute atomic E-state index is 0.274. The molecule has 100 valence electrons. The van der Waals surface area contributed by atoms with Crippen LogP contribution in [0, 0.1) is 0 Å². The second-order valence-electron chi connectivity index (χ2n) is 4.86. The van der Waals surface area contributed by atoms with Crippen LogP contribution < -0.4 is 4.90 Å². The number of rotatable bonds is 1. The Morgan fingerprint density at radius 1 is 0.952 bits per heavy atom. The predicted molar refractivity (Wildman–Crippen MR) is 79.3 cm³/mol. The third-order valence-corrected chi connectivity index (χ3v) is 3.69. The van der Waals surface area contributed by atoms with Crippen LogP contribution in [0.15, 0.2) is 60.9 Å². The van der Waals surface area contributed by atoms with Crippen LogP contribution in [0.1, 0.15) is 20.7 Å². The molecule has 0 spiro atoms. The molecule has 0 unspecified atom stereocenters. The fourth-order valence-corrected chi connectivity index (χ4v) is 2.74. The summed E-state index contributed by atoms with van der Waals surface area (Å²) in [5, 5.41) is 1.80. The summed E-state index contributed by atoms with van der Waals surface area (Å²) in [6, 6.07) is 14.3. The Morgan fingerprint density at radius 3 is 2.43 bits per heavy atom. The van der Waals surface area contributed by atoms with Gasteiger partial charge in [-0.3, -0.25) is 14.6 Å². The number of hydrogen-bond acceptors (Lipinski definition) is 3. The summed E-state index contributed by atoms with van der Waals surface area (Å²) < 4.78 is 0. The van der Waals surface area contributed by atoms with Gasteiger partial charge in [0.2, 0.25) is 0 Å². The van der Waals surface area contributed by atoms with Crippen molar-refractivity contribution in [3.8, 4) is 0 Å². The van der Waals surface area contributed by atoms with E-state index in [0.717, 1.165) is 10.8 Å². The number of hydrogen-bond donors (Lipinski definition) is 0. The first-order chi connectivity index (χ1) is 10.3. The molecule has 0 saturated carbocycles. The van der Waals surface area contributed by atoms with E-state index in [-0.39, 0.29) is 11.8 Å². The number of imide groups is 1. The molecule has 0 atom stereocenters. The van der Waals surface area contributed by atoms with Gasteiger partial charge in [0.1, 0.15) is 0 Å². The molecule has 0 aliphatic carbocycles. The van der Waals surface area contributed by atoms with E-state index in [0.29, 0.717) is 16.8 Å². The molecule has 3 aromatic rings. The molecule has 0 N–H and O–H groups in total. The van der Waals surface area contributed by atoms with Crippen molar-refractivity contribution in [1.29, 1.82) is 0 Å². The molecule has 4 rings (SSSR count). The van der Waals surface area contributed by atoms with Crippen molar-refractivity contribution >= 4 is 28.3 Å². The van der Waals surface area contributed by atoms with Gasteiger partial charge in [0.15, 0.2) is 0 Å². The molecule has 2 heterocycles.